The van der Waals surface area contributed by atoms with Gasteiger partial charge in [-0.15, -0.1) is 0 Å². The number of benzene rings is 3. The Bertz CT molecular complexity index is 1160. The Morgan fingerprint density at radius 1 is 0.903 bits per heavy atom. The van der Waals surface area contributed by atoms with Gasteiger partial charge in [0.2, 0.25) is 0 Å². The third-order valence-electron chi connectivity index (χ3n) is 5.17. The molecule has 1 aliphatic heterocycles. The smallest absolute Gasteiger partial charge is 0.296 e. The predicted molar refractivity (Wildman–Crippen MR) is 120 cm³/mol. The second-order valence-corrected chi connectivity index (χ2v) is 8.87. The van der Waals surface area contributed by atoms with E-state index in [0.29, 0.717) is 12.8 Å². The molecule has 3 aromatic carbocycles. The monoisotopic (exact) mass is 436 g/mol. The fourth-order valence-corrected chi connectivity index (χ4v) is 4.34. The minimum atomic E-state index is -4.43. The molecule has 0 amide bonds. The Morgan fingerprint density at radius 3 is 2.13 bits per heavy atom. The van der Waals surface area contributed by atoms with Crippen LogP contribution in [0, 0.1) is 0 Å². The van der Waals surface area contributed by atoms with E-state index in [4.69, 9.17) is 10.6 Å². The highest BCUT2D eigenvalue weighted by atomic mass is 32.2. The summed E-state index contributed by atoms with van der Waals surface area (Å²) in [6, 6.07) is 25.6. The van der Waals surface area contributed by atoms with E-state index in [-0.39, 0.29) is 16.6 Å². The molecule has 6 nitrogen and oxygen atoms in total. The van der Waals surface area contributed by atoms with Crippen LogP contribution in [0.1, 0.15) is 11.1 Å². The number of hydrogen-bond donors (Lipinski definition) is 2. The third-order valence-corrected chi connectivity index (χ3v) is 6.07. The van der Waals surface area contributed by atoms with E-state index < -0.39 is 16.2 Å². The molecule has 1 aliphatic rings. The molecule has 31 heavy (non-hydrogen) atoms. The second kappa shape index (κ2) is 9.03. The summed E-state index contributed by atoms with van der Waals surface area (Å²) in [5.41, 5.74) is 9.61. The van der Waals surface area contributed by atoms with Gasteiger partial charge in [0.1, 0.15) is 11.0 Å². The van der Waals surface area contributed by atoms with Crippen molar-refractivity contribution < 1.29 is 17.8 Å². The molecule has 160 valence electrons. The number of nitrogens with zero attached hydrogens (tertiary/aromatic N) is 1. The quantitative estimate of drug-likeness (QED) is 0.548. The summed E-state index contributed by atoms with van der Waals surface area (Å²) < 4.78 is 33.6. The van der Waals surface area contributed by atoms with Crippen LogP contribution < -0.4 is 10.8 Å². The zero-order valence-electron chi connectivity index (χ0n) is 16.8. The van der Waals surface area contributed by atoms with E-state index in [1.165, 1.54) is 11.1 Å². The Labute approximate surface area is 182 Å². The SMILES string of the molecule is NC(Cc1ccccc1)C1C=C(Cc2ccccc2)N(c2ccccc2S(=O)(=O)O)O1. The first-order valence-electron chi connectivity index (χ1n) is 9.99. The van der Waals surface area contributed by atoms with Crippen molar-refractivity contribution in [3.63, 3.8) is 0 Å². The van der Waals surface area contributed by atoms with Gasteiger partial charge in [0, 0.05) is 12.5 Å². The average molecular weight is 437 g/mol. The number of nitrogens with two attached hydrogens (primary N) is 1. The number of hydrogen-bond acceptors (Lipinski definition) is 5. The first kappa shape index (κ1) is 21.3. The molecule has 4 rings (SSSR count). The number of allylic oxidation sites excluding steroid dienone is 1. The highest BCUT2D eigenvalue weighted by Gasteiger charge is 2.33. The summed E-state index contributed by atoms with van der Waals surface area (Å²) in [5.74, 6) is 0. The number of hydroxylamine groups is 1. The Hall–Kier alpha value is -2.97. The van der Waals surface area contributed by atoms with Crippen LogP contribution in [-0.4, -0.2) is 25.1 Å². The Kier molecular flexibility index (Phi) is 6.20. The molecule has 0 bridgehead atoms. The van der Waals surface area contributed by atoms with Crippen LogP contribution in [0.25, 0.3) is 0 Å². The van der Waals surface area contributed by atoms with E-state index in [0.717, 1.165) is 16.8 Å². The highest BCUT2D eigenvalue weighted by Crippen LogP contribution is 2.34. The van der Waals surface area contributed by atoms with Crippen molar-refractivity contribution >= 4 is 15.8 Å². The fourth-order valence-electron chi connectivity index (χ4n) is 3.67. The van der Waals surface area contributed by atoms with Gasteiger partial charge in [-0.3, -0.25) is 9.39 Å². The Morgan fingerprint density at radius 2 is 1.48 bits per heavy atom. The van der Waals surface area contributed by atoms with Crippen molar-refractivity contribution in [1.29, 1.82) is 0 Å². The first-order valence-corrected chi connectivity index (χ1v) is 11.4. The number of anilines is 1. The summed E-state index contributed by atoms with van der Waals surface area (Å²) in [6.07, 6.45) is 2.61. The summed E-state index contributed by atoms with van der Waals surface area (Å²) >= 11 is 0. The van der Waals surface area contributed by atoms with E-state index in [9.17, 15) is 13.0 Å². The largest absolute Gasteiger partial charge is 0.325 e. The van der Waals surface area contributed by atoms with Crippen LogP contribution in [0.5, 0.6) is 0 Å². The second-order valence-electron chi connectivity index (χ2n) is 7.48. The maximum absolute atomic E-state index is 12.0. The molecule has 0 saturated heterocycles. The van der Waals surface area contributed by atoms with Gasteiger partial charge in [-0.1, -0.05) is 72.8 Å². The molecule has 3 aromatic rings. The summed E-state index contributed by atoms with van der Waals surface area (Å²) in [5, 5.41) is 1.48. The van der Waals surface area contributed by atoms with Gasteiger partial charge >= 0.3 is 0 Å². The van der Waals surface area contributed by atoms with Crippen molar-refractivity contribution in [2.24, 2.45) is 5.73 Å². The average Bonchev–Trinajstić information content (AvgIpc) is 3.18. The molecule has 0 spiro atoms. The predicted octanol–water partition coefficient (Wildman–Crippen LogP) is 3.75. The lowest BCUT2D eigenvalue weighted by Gasteiger charge is -2.26. The molecule has 0 aliphatic carbocycles. The van der Waals surface area contributed by atoms with Crippen LogP contribution in [0.15, 0.2) is 102 Å². The van der Waals surface area contributed by atoms with E-state index in [1.54, 1.807) is 18.2 Å². The molecule has 0 radical (unpaired) electrons. The molecular formula is C24H24N2O4S. The van der Waals surface area contributed by atoms with Gasteiger partial charge in [0.25, 0.3) is 10.1 Å². The fraction of sp³-hybridized carbons (Fsp3) is 0.167. The van der Waals surface area contributed by atoms with Crippen molar-refractivity contribution in [3.8, 4) is 0 Å². The van der Waals surface area contributed by atoms with Crippen molar-refractivity contribution in [2.75, 3.05) is 5.06 Å². The van der Waals surface area contributed by atoms with Gasteiger partial charge in [-0.2, -0.15) is 8.42 Å². The molecular weight excluding hydrogens is 412 g/mol. The molecule has 7 heteroatoms. The topological polar surface area (TPSA) is 92.9 Å². The van der Waals surface area contributed by atoms with Crippen LogP contribution in [-0.2, 0) is 27.8 Å². The zero-order chi connectivity index (χ0) is 21.8. The molecule has 3 N–H and O–H groups in total. The minimum absolute atomic E-state index is 0.216. The lowest BCUT2D eigenvalue weighted by molar-refractivity contribution is 0.0793. The molecule has 1 heterocycles. The van der Waals surface area contributed by atoms with E-state index >= 15 is 0 Å². The van der Waals surface area contributed by atoms with Gasteiger partial charge in [0.15, 0.2) is 0 Å². The van der Waals surface area contributed by atoms with Gasteiger partial charge in [-0.05, 0) is 35.8 Å². The first-order chi connectivity index (χ1) is 14.9. The third kappa shape index (κ3) is 5.03. The highest BCUT2D eigenvalue weighted by molar-refractivity contribution is 7.86. The van der Waals surface area contributed by atoms with Crippen molar-refractivity contribution in [1.82, 2.24) is 0 Å². The maximum Gasteiger partial charge on any atom is 0.296 e. The minimum Gasteiger partial charge on any atom is -0.325 e. The Balaban J connectivity index is 1.67. The number of para-hydroxylation sites is 1. The van der Waals surface area contributed by atoms with Crippen molar-refractivity contribution in [3.05, 3.63) is 108 Å². The van der Waals surface area contributed by atoms with Gasteiger partial charge in [-0.25, -0.2) is 5.06 Å². The summed E-state index contributed by atoms with van der Waals surface area (Å²) in [4.78, 5) is 5.93. The lowest BCUT2D eigenvalue weighted by Crippen LogP contribution is -2.38. The molecule has 2 unspecified atom stereocenters. The molecule has 0 aromatic heterocycles. The molecule has 0 saturated carbocycles. The normalized spacial score (nSPS) is 17.4. The van der Waals surface area contributed by atoms with Crippen molar-refractivity contribution in [2.45, 2.75) is 29.9 Å². The molecule has 2 atom stereocenters. The van der Waals surface area contributed by atoms with Gasteiger partial charge < -0.3 is 5.73 Å². The van der Waals surface area contributed by atoms with Crippen LogP contribution in [0.4, 0.5) is 5.69 Å². The van der Waals surface area contributed by atoms with Crippen LogP contribution >= 0.6 is 0 Å². The standard InChI is InChI=1S/C24H24N2O4S/c25-21(16-19-11-5-2-6-12-19)23-17-20(15-18-9-3-1-4-10-18)26(30-23)22-13-7-8-14-24(22)31(27,28)29/h1-14,17,21,23H,15-16,25H2,(H,27,28,29). The zero-order valence-corrected chi connectivity index (χ0v) is 17.7. The van der Waals surface area contributed by atoms with Crippen LogP contribution in [0.3, 0.4) is 0 Å². The number of rotatable bonds is 7. The van der Waals surface area contributed by atoms with Gasteiger partial charge in [0.05, 0.1) is 11.4 Å². The molecule has 0 fully saturated rings. The summed E-state index contributed by atoms with van der Waals surface area (Å²) in [7, 11) is -4.43. The van der Waals surface area contributed by atoms with Crippen LogP contribution in [0.2, 0.25) is 0 Å². The van der Waals surface area contributed by atoms with E-state index in [2.05, 4.69) is 0 Å². The summed E-state index contributed by atoms with van der Waals surface area (Å²) in [6.45, 7) is 0. The lowest BCUT2D eigenvalue weighted by atomic mass is 10.0. The maximum atomic E-state index is 12.0. The van der Waals surface area contributed by atoms with E-state index in [1.807, 2.05) is 66.7 Å².